The minimum Gasteiger partial charge on any atom is -0.264 e. The van der Waals surface area contributed by atoms with E-state index in [1.807, 2.05) is 6.07 Å². The summed E-state index contributed by atoms with van der Waals surface area (Å²) in [4.78, 5) is 11.9. The summed E-state index contributed by atoms with van der Waals surface area (Å²) < 4.78 is 15.0. The van der Waals surface area contributed by atoms with Crippen LogP contribution >= 0.6 is 11.6 Å². The van der Waals surface area contributed by atoms with Gasteiger partial charge in [0.1, 0.15) is 5.15 Å². The molecule has 0 fully saturated rings. The van der Waals surface area contributed by atoms with Crippen LogP contribution in [0.1, 0.15) is 5.56 Å². The third-order valence-electron chi connectivity index (χ3n) is 2.43. The van der Waals surface area contributed by atoms with Crippen LogP contribution < -0.4 is 0 Å². The van der Waals surface area contributed by atoms with E-state index in [1.165, 1.54) is 10.9 Å². The highest BCUT2D eigenvalue weighted by Gasteiger charge is 2.13. The molecule has 0 unspecified atom stereocenters. The van der Waals surface area contributed by atoms with E-state index in [1.54, 1.807) is 18.5 Å². The summed E-state index contributed by atoms with van der Waals surface area (Å²) in [6.45, 7) is 0.364. The van der Waals surface area contributed by atoms with E-state index in [4.69, 9.17) is 11.6 Å². The Bertz CT molecular complexity index is 697. The average molecular weight is 264 g/mol. The van der Waals surface area contributed by atoms with Crippen LogP contribution in [0.2, 0.25) is 5.15 Å². The molecule has 0 bridgehead atoms. The van der Waals surface area contributed by atoms with Gasteiger partial charge in [0.15, 0.2) is 11.2 Å². The van der Waals surface area contributed by atoms with Crippen LogP contribution in [0.15, 0.2) is 30.7 Å². The van der Waals surface area contributed by atoms with Gasteiger partial charge in [-0.3, -0.25) is 4.98 Å². The van der Waals surface area contributed by atoms with Gasteiger partial charge in [0, 0.05) is 12.4 Å². The maximum atomic E-state index is 13.5. The van der Waals surface area contributed by atoms with Crippen molar-refractivity contribution in [3.63, 3.8) is 0 Å². The second-order valence-electron chi connectivity index (χ2n) is 3.67. The first-order chi connectivity index (χ1) is 8.74. The SMILES string of the molecule is Fc1nn(Cc2cccnc2)c2nc(Cl)cnc12. The second-order valence-corrected chi connectivity index (χ2v) is 4.06. The van der Waals surface area contributed by atoms with Gasteiger partial charge >= 0.3 is 0 Å². The Hall–Kier alpha value is -2.08. The van der Waals surface area contributed by atoms with Crippen LogP contribution in [-0.2, 0) is 6.54 Å². The average Bonchev–Trinajstić information content (AvgIpc) is 2.67. The topological polar surface area (TPSA) is 56.5 Å². The predicted octanol–water partition coefficient (Wildman–Crippen LogP) is 2.06. The van der Waals surface area contributed by atoms with Crippen molar-refractivity contribution in [1.29, 1.82) is 0 Å². The minimum absolute atomic E-state index is 0.114. The van der Waals surface area contributed by atoms with Gasteiger partial charge in [-0.2, -0.15) is 4.39 Å². The summed E-state index contributed by atoms with van der Waals surface area (Å²) in [7, 11) is 0. The molecule has 7 heteroatoms. The van der Waals surface area contributed by atoms with Crippen molar-refractivity contribution >= 4 is 22.8 Å². The van der Waals surface area contributed by atoms with E-state index >= 15 is 0 Å². The van der Waals surface area contributed by atoms with Gasteiger partial charge in [-0.25, -0.2) is 14.6 Å². The van der Waals surface area contributed by atoms with Crippen LogP contribution in [0.4, 0.5) is 4.39 Å². The molecule has 18 heavy (non-hydrogen) atoms. The van der Waals surface area contributed by atoms with E-state index in [0.29, 0.717) is 12.2 Å². The van der Waals surface area contributed by atoms with Crippen molar-refractivity contribution in [2.45, 2.75) is 6.54 Å². The molecule has 0 saturated carbocycles. The number of halogens is 2. The first kappa shape index (κ1) is 11.0. The molecule has 5 nitrogen and oxygen atoms in total. The molecular weight excluding hydrogens is 257 g/mol. The fraction of sp³-hybridized carbons (Fsp3) is 0.0909. The van der Waals surface area contributed by atoms with E-state index in [-0.39, 0.29) is 10.7 Å². The Morgan fingerprint density at radius 1 is 1.33 bits per heavy atom. The zero-order chi connectivity index (χ0) is 12.5. The molecule has 3 aromatic rings. The molecule has 0 radical (unpaired) electrons. The number of rotatable bonds is 2. The molecule has 3 rings (SSSR count). The Morgan fingerprint density at radius 2 is 2.22 bits per heavy atom. The fourth-order valence-electron chi connectivity index (χ4n) is 1.66. The summed E-state index contributed by atoms with van der Waals surface area (Å²) >= 11 is 5.75. The molecule has 90 valence electrons. The highest BCUT2D eigenvalue weighted by molar-refractivity contribution is 6.29. The van der Waals surface area contributed by atoms with Crippen LogP contribution in [0.5, 0.6) is 0 Å². The van der Waals surface area contributed by atoms with Gasteiger partial charge in [-0.1, -0.05) is 17.7 Å². The largest absolute Gasteiger partial charge is 0.264 e. The van der Waals surface area contributed by atoms with E-state index in [0.717, 1.165) is 5.56 Å². The predicted molar refractivity (Wildman–Crippen MR) is 63.6 cm³/mol. The van der Waals surface area contributed by atoms with Crippen molar-refractivity contribution in [2.24, 2.45) is 0 Å². The van der Waals surface area contributed by atoms with Crippen LogP contribution in [0.3, 0.4) is 0 Å². The highest BCUT2D eigenvalue weighted by Crippen LogP contribution is 2.16. The molecule has 0 amide bonds. The van der Waals surface area contributed by atoms with Gasteiger partial charge in [0.2, 0.25) is 0 Å². The number of hydrogen-bond acceptors (Lipinski definition) is 4. The molecule has 0 N–H and O–H groups in total. The summed E-state index contributed by atoms with van der Waals surface area (Å²) in [6, 6.07) is 3.67. The zero-order valence-corrected chi connectivity index (χ0v) is 9.84. The number of pyridine rings is 1. The zero-order valence-electron chi connectivity index (χ0n) is 9.09. The quantitative estimate of drug-likeness (QED) is 0.710. The summed E-state index contributed by atoms with van der Waals surface area (Å²) in [5.74, 6) is -0.655. The Balaban J connectivity index is 2.09. The molecule has 0 aliphatic heterocycles. The van der Waals surface area contributed by atoms with Crippen molar-refractivity contribution in [3.05, 3.63) is 47.4 Å². The van der Waals surface area contributed by atoms with Crippen molar-refractivity contribution < 1.29 is 4.39 Å². The van der Waals surface area contributed by atoms with E-state index in [2.05, 4.69) is 20.1 Å². The summed E-state index contributed by atoms with van der Waals surface area (Å²) in [5, 5.41) is 3.97. The summed E-state index contributed by atoms with van der Waals surface area (Å²) in [6.07, 6.45) is 4.65. The monoisotopic (exact) mass is 263 g/mol. The molecule has 0 saturated heterocycles. The lowest BCUT2D eigenvalue weighted by Crippen LogP contribution is -2.03. The lowest BCUT2D eigenvalue weighted by molar-refractivity contribution is 0.547. The van der Waals surface area contributed by atoms with Gasteiger partial charge in [-0.05, 0) is 11.6 Å². The number of fused-ring (bicyclic) bond motifs is 1. The molecule has 0 aliphatic carbocycles. The number of aromatic nitrogens is 5. The highest BCUT2D eigenvalue weighted by atomic mass is 35.5. The molecular formula is C11H7ClFN5. The Labute approximate surface area is 106 Å². The normalized spacial score (nSPS) is 11.0. The molecule has 3 aromatic heterocycles. The number of hydrogen-bond donors (Lipinski definition) is 0. The van der Waals surface area contributed by atoms with Gasteiger partial charge in [0.25, 0.3) is 5.95 Å². The lowest BCUT2D eigenvalue weighted by atomic mass is 10.3. The molecule has 0 aromatic carbocycles. The van der Waals surface area contributed by atoms with Crippen molar-refractivity contribution in [1.82, 2.24) is 24.7 Å². The van der Waals surface area contributed by atoms with Crippen LogP contribution in [0.25, 0.3) is 11.2 Å². The third kappa shape index (κ3) is 1.91. The van der Waals surface area contributed by atoms with Gasteiger partial charge in [-0.15, -0.1) is 5.10 Å². The first-order valence-electron chi connectivity index (χ1n) is 5.17. The molecule has 0 atom stereocenters. The summed E-state index contributed by atoms with van der Waals surface area (Å²) in [5.41, 5.74) is 1.33. The second kappa shape index (κ2) is 4.30. The fourth-order valence-corrected chi connectivity index (χ4v) is 1.79. The first-order valence-corrected chi connectivity index (χ1v) is 5.55. The van der Waals surface area contributed by atoms with Gasteiger partial charge in [0.05, 0.1) is 12.7 Å². The third-order valence-corrected chi connectivity index (χ3v) is 2.61. The molecule has 0 spiro atoms. The van der Waals surface area contributed by atoms with Crippen LogP contribution in [-0.4, -0.2) is 24.7 Å². The van der Waals surface area contributed by atoms with E-state index < -0.39 is 5.95 Å². The maximum absolute atomic E-state index is 13.5. The minimum atomic E-state index is -0.655. The van der Waals surface area contributed by atoms with Crippen molar-refractivity contribution in [3.8, 4) is 0 Å². The Morgan fingerprint density at radius 3 is 3.00 bits per heavy atom. The van der Waals surface area contributed by atoms with Crippen molar-refractivity contribution in [2.75, 3.05) is 0 Å². The van der Waals surface area contributed by atoms with E-state index in [9.17, 15) is 4.39 Å². The standard InChI is InChI=1S/C11H7ClFN5/c12-8-5-15-9-10(13)17-18(11(9)16-8)6-7-2-1-3-14-4-7/h1-5H,6H2. The Kier molecular flexibility index (Phi) is 2.64. The lowest BCUT2D eigenvalue weighted by Gasteiger charge is -2.01. The molecule has 0 aliphatic rings. The maximum Gasteiger partial charge on any atom is 0.260 e. The van der Waals surface area contributed by atoms with Crippen LogP contribution in [0, 0.1) is 5.95 Å². The number of nitrogens with zero attached hydrogens (tertiary/aromatic N) is 5. The van der Waals surface area contributed by atoms with Gasteiger partial charge < -0.3 is 0 Å². The smallest absolute Gasteiger partial charge is 0.260 e. The molecule has 3 heterocycles.